The zero-order valence-electron chi connectivity index (χ0n) is 19.5. The lowest BCUT2D eigenvalue weighted by atomic mass is 10.0. The van der Waals surface area contributed by atoms with Crippen LogP contribution in [-0.4, -0.2) is 88.7 Å². The van der Waals surface area contributed by atoms with Crippen LogP contribution in [0.25, 0.3) is 11.4 Å². The van der Waals surface area contributed by atoms with Crippen molar-refractivity contribution in [3.8, 4) is 11.4 Å². The van der Waals surface area contributed by atoms with Gasteiger partial charge in [-0.1, -0.05) is 16.9 Å². The monoisotopic (exact) mass is 573 g/mol. The highest BCUT2D eigenvalue weighted by atomic mass is 32.2. The number of hydrogen-bond donors (Lipinski definition) is 4. The lowest BCUT2D eigenvalue weighted by molar-refractivity contribution is -0.150. The number of β-lactam (4-membered cyclic amide) rings is 1. The van der Waals surface area contributed by atoms with Crippen molar-refractivity contribution in [2.45, 2.75) is 16.6 Å². The van der Waals surface area contributed by atoms with E-state index in [1.807, 2.05) is 0 Å². The van der Waals surface area contributed by atoms with Gasteiger partial charge in [-0.15, -0.1) is 33.3 Å². The molecule has 0 aliphatic carbocycles. The Kier molecular flexibility index (Phi) is 7.30. The van der Waals surface area contributed by atoms with Crippen LogP contribution in [0.1, 0.15) is 5.69 Å². The number of aromatic amines is 1. The van der Waals surface area contributed by atoms with Crippen molar-refractivity contribution >= 4 is 63.5 Å². The van der Waals surface area contributed by atoms with Crippen LogP contribution in [0.2, 0.25) is 0 Å². The number of nitrogens with zero attached hydrogens (tertiary/aromatic N) is 6. The van der Waals surface area contributed by atoms with E-state index in [2.05, 4.69) is 35.6 Å². The van der Waals surface area contributed by atoms with Gasteiger partial charge < -0.3 is 26.0 Å². The number of nitrogens with one attached hydrogen (secondary N) is 2. The molecule has 0 aromatic carbocycles. The number of aromatic nitrogens is 5. The van der Waals surface area contributed by atoms with Crippen molar-refractivity contribution in [3.63, 3.8) is 0 Å². The molecule has 5 rings (SSSR count). The zero-order valence-corrected chi connectivity index (χ0v) is 22.0. The summed E-state index contributed by atoms with van der Waals surface area (Å²) in [5.41, 5.74) is 6.99. The van der Waals surface area contributed by atoms with Crippen LogP contribution >= 0.6 is 34.9 Å². The topological polar surface area (TPSA) is 202 Å². The SMILES string of the molecule is CON=C(C(=O)N[C@@H]1C(=O)N2C(C(=O)O)=C(CSc3nnc(-c4ccncc4)[nH]3)CS[C@@H]12)c1csc(N)n1. The van der Waals surface area contributed by atoms with Crippen LogP contribution in [0.4, 0.5) is 5.13 Å². The van der Waals surface area contributed by atoms with E-state index in [9.17, 15) is 19.5 Å². The number of aliphatic carboxylic acids is 1. The molecule has 5 N–H and O–H groups in total. The van der Waals surface area contributed by atoms with Gasteiger partial charge in [-0.2, -0.15) is 0 Å². The van der Waals surface area contributed by atoms with Gasteiger partial charge in [0.05, 0.1) is 0 Å². The van der Waals surface area contributed by atoms with Gasteiger partial charge in [0.2, 0.25) is 0 Å². The second kappa shape index (κ2) is 10.8. The third-order valence-electron chi connectivity index (χ3n) is 5.50. The summed E-state index contributed by atoms with van der Waals surface area (Å²) in [5, 5.41) is 26.2. The lowest BCUT2D eigenvalue weighted by Crippen LogP contribution is -2.71. The molecular formula is C21H19N9O5S3. The Bertz CT molecular complexity index is 1460. The number of carbonyl (C=O) groups is 3. The number of carboxylic acids is 1. The average Bonchev–Trinajstić information content (AvgIpc) is 3.58. The lowest BCUT2D eigenvalue weighted by Gasteiger charge is -2.49. The molecule has 0 spiro atoms. The summed E-state index contributed by atoms with van der Waals surface area (Å²) in [6, 6.07) is 2.64. The van der Waals surface area contributed by atoms with Crippen LogP contribution < -0.4 is 11.1 Å². The number of carboxylic acid groups (broad SMARTS) is 1. The predicted molar refractivity (Wildman–Crippen MR) is 140 cm³/mol. The number of nitrogen functional groups attached to an aromatic ring is 1. The Morgan fingerprint density at radius 1 is 1.37 bits per heavy atom. The molecule has 0 saturated carbocycles. The smallest absolute Gasteiger partial charge is 0.352 e. The van der Waals surface area contributed by atoms with E-state index < -0.39 is 29.2 Å². The Hall–Kier alpha value is -3.96. The molecule has 1 saturated heterocycles. The van der Waals surface area contributed by atoms with Crippen LogP contribution in [-0.2, 0) is 19.2 Å². The number of rotatable bonds is 9. The van der Waals surface area contributed by atoms with E-state index in [1.165, 1.54) is 35.5 Å². The van der Waals surface area contributed by atoms with Gasteiger partial charge in [-0.3, -0.25) is 19.5 Å². The summed E-state index contributed by atoms with van der Waals surface area (Å²) < 4.78 is 0. The van der Waals surface area contributed by atoms with Crippen LogP contribution in [0, 0.1) is 0 Å². The fourth-order valence-corrected chi connectivity index (χ4v) is 6.64. The molecule has 5 heterocycles. The third-order valence-corrected chi connectivity index (χ3v) is 8.47. The number of fused-ring (bicyclic) bond motifs is 1. The van der Waals surface area contributed by atoms with Crippen molar-refractivity contribution in [2.75, 3.05) is 24.3 Å². The molecule has 0 radical (unpaired) electrons. The first-order valence-corrected chi connectivity index (χ1v) is 13.8. The maximum absolute atomic E-state index is 13.0. The third kappa shape index (κ3) is 4.94. The number of thiazole rings is 1. The quantitative estimate of drug-likeness (QED) is 0.121. The van der Waals surface area contributed by atoms with Crippen LogP contribution in [0.15, 0.2) is 51.5 Å². The summed E-state index contributed by atoms with van der Waals surface area (Å²) in [7, 11) is 1.28. The van der Waals surface area contributed by atoms with Gasteiger partial charge in [0.25, 0.3) is 11.8 Å². The minimum Gasteiger partial charge on any atom is -0.477 e. The fourth-order valence-electron chi connectivity index (χ4n) is 3.80. The van der Waals surface area contributed by atoms with Gasteiger partial charge in [0, 0.05) is 34.8 Å². The van der Waals surface area contributed by atoms with Crippen LogP contribution in [0.3, 0.4) is 0 Å². The molecule has 17 heteroatoms. The van der Waals surface area contributed by atoms with E-state index in [-0.39, 0.29) is 28.0 Å². The predicted octanol–water partition coefficient (Wildman–Crippen LogP) is 0.787. The zero-order chi connectivity index (χ0) is 26.8. The van der Waals surface area contributed by atoms with Gasteiger partial charge in [0.15, 0.2) is 21.8 Å². The Balaban J connectivity index is 1.28. The number of nitrogens with two attached hydrogens (primary N) is 1. The van der Waals surface area contributed by atoms with E-state index in [0.717, 1.165) is 16.9 Å². The second-order valence-corrected chi connectivity index (χ2v) is 10.8. The molecule has 0 bridgehead atoms. The molecule has 14 nitrogen and oxygen atoms in total. The normalized spacial score (nSPS) is 19.1. The summed E-state index contributed by atoms with van der Waals surface area (Å²) >= 11 is 3.76. The summed E-state index contributed by atoms with van der Waals surface area (Å²) in [6.45, 7) is 0. The number of amides is 2. The largest absolute Gasteiger partial charge is 0.477 e. The minimum absolute atomic E-state index is 0.0938. The Morgan fingerprint density at radius 3 is 2.84 bits per heavy atom. The number of anilines is 1. The van der Waals surface area contributed by atoms with Gasteiger partial charge in [-0.25, -0.2) is 9.78 Å². The first-order chi connectivity index (χ1) is 18.4. The molecule has 1 fully saturated rings. The first-order valence-electron chi connectivity index (χ1n) is 10.9. The Labute approximate surface area is 227 Å². The molecule has 38 heavy (non-hydrogen) atoms. The molecule has 2 aliphatic rings. The summed E-state index contributed by atoms with van der Waals surface area (Å²) in [5.74, 6) is -1.25. The standard InChI is InChI=1S/C21H19N9O5S3/c1-35-29-12(11-8-37-20(22)24-11)16(31)25-13-17(32)30-14(19(33)34)10(6-36-18(13)30)7-38-21-26-15(27-28-21)9-2-4-23-5-3-9/h2-5,8,13,18H,6-7H2,1H3,(H2,22,24)(H,25,31)(H,33,34)(H,26,27,28)/t13-,18+/m1/s1. The molecule has 3 aromatic heterocycles. The maximum atomic E-state index is 13.0. The highest BCUT2D eigenvalue weighted by molar-refractivity contribution is 8.01. The van der Waals surface area contributed by atoms with E-state index >= 15 is 0 Å². The van der Waals surface area contributed by atoms with Crippen molar-refractivity contribution in [3.05, 3.63) is 46.9 Å². The second-order valence-electron chi connectivity index (χ2n) is 7.82. The number of oxime groups is 1. The number of H-pyrrole nitrogens is 1. The van der Waals surface area contributed by atoms with E-state index in [0.29, 0.717) is 22.3 Å². The number of thioether (sulfide) groups is 2. The van der Waals surface area contributed by atoms with Crippen molar-refractivity contribution < 1.29 is 24.3 Å². The minimum atomic E-state index is -1.22. The number of pyridine rings is 1. The number of carbonyl (C=O) groups excluding carboxylic acids is 2. The molecule has 196 valence electrons. The maximum Gasteiger partial charge on any atom is 0.352 e. The average molecular weight is 574 g/mol. The first kappa shape index (κ1) is 25.7. The van der Waals surface area contributed by atoms with E-state index in [1.54, 1.807) is 29.9 Å². The van der Waals surface area contributed by atoms with Gasteiger partial charge in [-0.05, 0) is 17.7 Å². The van der Waals surface area contributed by atoms with Gasteiger partial charge in [0.1, 0.15) is 29.9 Å². The highest BCUT2D eigenvalue weighted by Gasteiger charge is 2.54. The summed E-state index contributed by atoms with van der Waals surface area (Å²) in [6.07, 6.45) is 3.29. The van der Waals surface area contributed by atoms with Crippen molar-refractivity contribution in [1.29, 1.82) is 0 Å². The van der Waals surface area contributed by atoms with E-state index in [4.69, 9.17) is 10.6 Å². The van der Waals surface area contributed by atoms with Crippen molar-refractivity contribution in [1.82, 2.24) is 35.4 Å². The summed E-state index contributed by atoms with van der Waals surface area (Å²) in [4.78, 5) is 55.1. The molecule has 2 amide bonds. The molecule has 2 aliphatic heterocycles. The fraction of sp³-hybridized carbons (Fsp3) is 0.238. The van der Waals surface area contributed by atoms with Crippen molar-refractivity contribution in [2.24, 2.45) is 5.16 Å². The Morgan fingerprint density at radius 2 is 2.16 bits per heavy atom. The molecule has 0 unspecified atom stereocenters. The molecular weight excluding hydrogens is 554 g/mol. The highest BCUT2D eigenvalue weighted by Crippen LogP contribution is 2.41. The molecule has 3 aromatic rings. The van der Waals surface area contributed by atoms with Gasteiger partial charge >= 0.3 is 5.97 Å². The molecule has 2 atom stereocenters. The number of hydrogen-bond acceptors (Lipinski definition) is 13. The van der Waals surface area contributed by atoms with Crippen LogP contribution in [0.5, 0.6) is 0 Å².